The van der Waals surface area contributed by atoms with Crippen LogP contribution < -0.4 is 10.1 Å². The van der Waals surface area contributed by atoms with Crippen LogP contribution in [-0.2, 0) is 11.2 Å². The molecule has 0 spiro atoms. The molecule has 0 radical (unpaired) electrons. The van der Waals surface area contributed by atoms with Gasteiger partial charge in [0.15, 0.2) is 0 Å². The summed E-state index contributed by atoms with van der Waals surface area (Å²) in [6, 6.07) is 33.3. The standard InChI is InChI=1S/C35H33N3O4/c1-35(2,3)42-25-19-17-23(18-20-25)21-31(33-38-37-32(41-33)24-11-5-4-6-12-24)36-34(39)40-22-30-28-15-9-7-13-26(28)27-14-8-10-16-29(27)30/h4-20,30-31H,21-22H2,1-3H3,(H,36,39)/t31-/m0/s1. The Balaban J connectivity index is 1.20. The Kier molecular flexibility index (Phi) is 7.48. The van der Waals surface area contributed by atoms with Gasteiger partial charge in [0.25, 0.3) is 0 Å². The van der Waals surface area contributed by atoms with E-state index in [4.69, 9.17) is 13.9 Å². The molecule has 4 aromatic carbocycles. The van der Waals surface area contributed by atoms with Crippen LogP contribution in [-0.4, -0.2) is 28.5 Å². The predicted molar refractivity (Wildman–Crippen MR) is 161 cm³/mol. The fraction of sp³-hybridized carbons (Fsp3) is 0.229. The van der Waals surface area contributed by atoms with Crippen molar-refractivity contribution in [1.82, 2.24) is 15.5 Å². The van der Waals surface area contributed by atoms with E-state index in [-0.39, 0.29) is 18.1 Å². The average molecular weight is 560 g/mol. The second-order valence-electron chi connectivity index (χ2n) is 11.4. The molecule has 1 atom stereocenters. The molecule has 5 aromatic rings. The Hall–Kier alpha value is -4.91. The summed E-state index contributed by atoms with van der Waals surface area (Å²) < 4.78 is 17.8. The van der Waals surface area contributed by atoms with Crippen molar-refractivity contribution in [2.24, 2.45) is 0 Å². The third-order valence-electron chi connectivity index (χ3n) is 7.18. The monoisotopic (exact) mass is 559 g/mol. The number of amides is 1. The van der Waals surface area contributed by atoms with Crippen LogP contribution in [0.2, 0.25) is 0 Å². The molecule has 212 valence electrons. The van der Waals surface area contributed by atoms with Crippen LogP contribution in [0.25, 0.3) is 22.6 Å². The summed E-state index contributed by atoms with van der Waals surface area (Å²) in [5.74, 6) is 1.43. The Morgan fingerprint density at radius 2 is 1.45 bits per heavy atom. The number of ether oxygens (including phenoxy) is 2. The highest BCUT2D eigenvalue weighted by Crippen LogP contribution is 2.44. The molecule has 1 amide bonds. The van der Waals surface area contributed by atoms with Gasteiger partial charge < -0.3 is 19.2 Å². The molecule has 0 aliphatic heterocycles. The van der Waals surface area contributed by atoms with Gasteiger partial charge in [0.1, 0.15) is 24.0 Å². The first-order chi connectivity index (χ1) is 20.3. The number of aromatic nitrogens is 2. The molecule has 1 heterocycles. The zero-order chi connectivity index (χ0) is 29.1. The molecular formula is C35H33N3O4. The molecular weight excluding hydrogens is 526 g/mol. The highest BCUT2D eigenvalue weighted by Gasteiger charge is 2.30. The van der Waals surface area contributed by atoms with Gasteiger partial charge in [0.2, 0.25) is 11.8 Å². The summed E-state index contributed by atoms with van der Waals surface area (Å²) in [7, 11) is 0. The molecule has 42 heavy (non-hydrogen) atoms. The van der Waals surface area contributed by atoms with Gasteiger partial charge in [0, 0.05) is 17.9 Å². The van der Waals surface area contributed by atoms with Gasteiger partial charge in [-0.1, -0.05) is 78.9 Å². The second-order valence-corrected chi connectivity index (χ2v) is 11.4. The zero-order valence-corrected chi connectivity index (χ0v) is 23.9. The second kappa shape index (κ2) is 11.5. The SMILES string of the molecule is CC(C)(C)Oc1ccc(C[C@H](NC(=O)OCC2c3ccccc3-c3ccccc32)c2nnc(-c3ccccc3)o2)cc1. The van der Waals surface area contributed by atoms with E-state index in [0.717, 1.165) is 28.0 Å². The third-order valence-corrected chi connectivity index (χ3v) is 7.18. The van der Waals surface area contributed by atoms with Crippen LogP contribution in [0.5, 0.6) is 5.75 Å². The van der Waals surface area contributed by atoms with Gasteiger partial charge in [-0.25, -0.2) is 4.79 Å². The van der Waals surface area contributed by atoms with E-state index in [0.29, 0.717) is 18.2 Å². The van der Waals surface area contributed by atoms with Crippen molar-refractivity contribution in [2.75, 3.05) is 6.61 Å². The fourth-order valence-corrected chi connectivity index (χ4v) is 5.34. The van der Waals surface area contributed by atoms with Crippen LogP contribution >= 0.6 is 0 Å². The van der Waals surface area contributed by atoms with Crippen LogP contribution in [0.1, 0.15) is 55.3 Å². The molecule has 0 saturated heterocycles. The van der Waals surface area contributed by atoms with Gasteiger partial charge in [0.05, 0.1) is 0 Å². The molecule has 1 N–H and O–H groups in total. The summed E-state index contributed by atoms with van der Waals surface area (Å²) in [6.45, 7) is 6.24. The van der Waals surface area contributed by atoms with Crippen LogP contribution in [0.15, 0.2) is 108 Å². The Bertz CT molecular complexity index is 1630. The molecule has 0 fully saturated rings. The number of fused-ring (bicyclic) bond motifs is 3. The number of nitrogens with one attached hydrogen (secondary N) is 1. The van der Waals surface area contributed by atoms with Crippen molar-refractivity contribution in [3.63, 3.8) is 0 Å². The molecule has 7 heteroatoms. The number of benzene rings is 4. The highest BCUT2D eigenvalue weighted by atomic mass is 16.5. The molecule has 1 aliphatic rings. The highest BCUT2D eigenvalue weighted by molar-refractivity contribution is 5.79. The molecule has 1 aliphatic carbocycles. The van der Waals surface area contributed by atoms with Crippen LogP contribution in [0.3, 0.4) is 0 Å². The van der Waals surface area contributed by atoms with E-state index in [1.165, 1.54) is 11.1 Å². The van der Waals surface area contributed by atoms with Gasteiger partial charge in [-0.2, -0.15) is 0 Å². The van der Waals surface area contributed by atoms with Crippen molar-refractivity contribution in [2.45, 2.75) is 44.8 Å². The van der Waals surface area contributed by atoms with E-state index in [1.54, 1.807) is 0 Å². The predicted octanol–water partition coefficient (Wildman–Crippen LogP) is 7.74. The molecule has 0 saturated carbocycles. The number of nitrogens with zero attached hydrogens (tertiary/aromatic N) is 2. The summed E-state index contributed by atoms with van der Waals surface area (Å²) in [5, 5.41) is 11.5. The van der Waals surface area contributed by atoms with E-state index >= 15 is 0 Å². The van der Waals surface area contributed by atoms with E-state index in [9.17, 15) is 4.79 Å². The number of rotatable bonds is 8. The maximum atomic E-state index is 13.2. The van der Waals surface area contributed by atoms with Crippen molar-refractivity contribution in [3.8, 4) is 28.3 Å². The normalized spacial score (nSPS) is 13.2. The zero-order valence-electron chi connectivity index (χ0n) is 23.9. The number of hydrogen-bond acceptors (Lipinski definition) is 6. The molecule has 0 unspecified atom stereocenters. The smallest absolute Gasteiger partial charge is 0.407 e. The Morgan fingerprint density at radius 3 is 2.10 bits per heavy atom. The van der Waals surface area contributed by atoms with E-state index < -0.39 is 12.1 Å². The van der Waals surface area contributed by atoms with Crippen LogP contribution in [0.4, 0.5) is 4.79 Å². The van der Waals surface area contributed by atoms with Crippen molar-refractivity contribution >= 4 is 6.09 Å². The number of carbonyl (C=O) groups excluding carboxylic acids is 1. The van der Waals surface area contributed by atoms with Crippen molar-refractivity contribution in [1.29, 1.82) is 0 Å². The van der Waals surface area contributed by atoms with Gasteiger partial charge in [-0.15, -0.1) is 10.2 Å². The third kappa shape index (κ3) is 6.05. The Labute approximate surface area is 245 Å². The summed E-state index contributed by atoms with van der Waals surface area (Å²) in [5.41, 5.74) is 6.15. The fourth-order valence-electron chi connectivity index (χ4n) is 5.34. The lowest BCUT2D eigenvalue weighted by molar-refractivity contribution is 0.130. The largest absolute Gasteiger partial charge is 0.488 e. The first kappa shape index (κ1) is 27.3. The van der Waals surface area contributed by atoms with Gasteiger partial charge in [-0.05, 0) is 72.9 Å². The summed E-state index contributed by atoms with van der Waals surface area (Å²) in [6.07, 6.45) is -0.120. The lowest BCUT2D eigenvalue weighted by atomic mass is 9.98. The molecule has 1 aromatic heterocycles. The Morgan fingerprint density at radius 1 is 0.833 bits per heavy atom. The van der Waals surface area contributed by atoms with Crippen molar-refractivity contribution in [3.05, 3.63) is 126 Å². The topological polar surface area (TPSA) is 86.5 Å². The maximum Gasteiger partial charge on any atom is 0.407 e. The quantitative estimate of drug-likeness (QED) is 0.209. The average Bonchev–Trinajstić information content (AvgIpc) is 3.60. The summed E-state index contributed by atoms with van der Waals surface area (Å²) in [4.78, 5) is 13.2. The maximum absolute atomic E-state index is 13.2. The van der Waals surface area contributed by atoms with E-state index in [1.807, 2.05) is 99.6 Å². The molecule has 0 bridgehead atoms. The van der Waals surface area contributed by atoms with E-state index in [2.05, 4.69) is 39.8 Å². The summed E-state index contributed by atoms with van der Waals surface area (Å²) >= 11 is 0. The molecule has 7 nitrogen and oxygen atoms in total. The minimum Gasteiger partial charge on any atom is -0.488 e. The molecule has 6 rings (SSSR count). The van der Waals surface area contributed by atoms with Crippen molar-refractivity contribution < 1.29 is 18.7 Å². The number of carbonyl (C=O) groups is 1. The lowest BCUT2D eigenvalue weighted by Crippen LogP contribution is -2.31. The minimum absolute atomic E-state index is 0.0370. The first-order valence-electron chi connectivity index (χ1n) is 14.1. The van der Waals surface area contributed by atoms with Gasteiger partial charge >= 0.3 is 6.09 Å². The minimum atomic E-state index is -0.597. The number of alkyl carbamates (subject to hydrolysis) is 1. The lowest BCUT2D eigenvalue weighted by Gasteiger charge is -2.21. The van der Waals surface area contributed by atoms with Gasteiger partial charge in [-0.3, -0.25) is 0 Å². The number of hydrogen-bond donors (Lipinski definition) is 1. The first-order valence-corrected chi connectivity index (χ1v) is 14.1. The van der Waals surface area contributed by atoms with Crippen LogP contribution in [0, 0.1) is 0 Å².